The van der Waals surface area contributed by atoms with Crippen LogP contribution in [-0.2, 0) is 11.8 Å². The zero-order valence-electron chi connectivity index (χ0n) is 11.8. The van der Waals surface area contributed by atoms with Crippen LogP contribution in [0.2, 0.25) is 0 Å². The molecule has 2 heterocycles. The van der Waals surface area contributed by atoms with E-state index in [1.807, 2.05) is 22.6 Å². The number of carbonyl (C=O) groups is 1. The van der Waals surface area contributed by atoms with Crippen LogP contribution >= 0.6 is 12.2 Å². The molecule has 1 aliphatic heterocycles. The van der Waals surface area contributed by atoms with Gasteiger partial charge in [-0.2, -0.15) is 5.10 Å². The van der Waals surface area contributed by atoms with Gasteiger partial charge in [0.25, 0.3) is 0 Å². The summed E-state index contributed by atoms with van der Waals surface area (Å²) in [5.41, 5.74) is 1.31. The summed E-state index contributed by atoms with van der Waals surface area (Å²) in [5, 5.41) is 7.15. The van der Waals surface area contributed by atoms with Crippen LogP contribution in [0, 0.1) is 4.77 Å². The summed E-state index contributed by atoms with van der Waals surface area (Å²) in [6.45, 7) is 1.62. The summed E-state index contributed by atoms with van der Waals surface area (Å²) in [4.78, 5) is 14.1. The second kappa shape index (κ2) is 5.52. The smallest absolute Gasteiger partial charge is 0.246 e. The fourth-order valence-electron chi connectivity index (χ4n) is 2.87. The molecule has 3 rings (SSSR count). The molecule has 1 amide bonds. The SMILES string of the molecule is Cn1c(C2CCN(C(=O)C=C3CCC3)CC2)n[nH]c1=S. The molecule has 0 spiro atoms. The molecular weight excluding hydrogens is 272 g/mol. The van der Waals surface area contributed by atoms with Gasteiger partial charge in [0.05, 0.1) is 0 Å². The number of aromatic nitrogens is 3. The van der Waals surface area contributed by atoms with Crippen molar-refractivity contribution in [2.45, 2.75) is 38.0 Å². The number of aromatic amines is 1. The Kier molecular flexibility index (Phi) is 3.74. The highest BCUT2D eigenvalue weighted by molar-refractivity contribution is 7.71. The van der Waals surface area contributed by atoms with Gasteiger partial charge in [-0.05, 0) is 44.3 Å². The molecule has 0 radical (unpaired) electrons. The minimum atomic E-state index is 0.188. The quantitative estimate of drug-likeness (QED) is 0.672. The van der Waals surface area contributed by atoms with Crippen molar-refractivity contribution in [1.82, 2.24) is 19.7 Å². The first-order valence-electron chi connectivity index (χ1n) is 7.25. The average Bonchev–Trinajstić information content (AvgIpc) is 2.74. The number of piperidine rings is 1. The van der Waals surface area contributed by atoms with E-state index in [-0.39, 0.29) is 5.91 Å². The van der Waals surface area contributed by atoms with E-state index in [9.17, 15) is 4.79 Å². The van der Waals surface area contributed by atoms with Crippen molar-refractivity contribution in [1.29, 1.82) is 0 Å². The molecule has 1 N–H and O–H groups in total. The normalized spacial score (nSPS) is 19.9. The van der Waals surface area contributed by atoms with Crippen LogP contribution in [0.3, 0.4) is 0 Å². The predicted octanol–water partition coefficient (Wildman–Crippen LogP) is 2.29. The van der Waals surface area contributed by atoms with Crippen LogP contribution < -0.4 is 0 Å². The first-order chi connectivity index (χ1) is 9.65. The number of carbonyl (C=O) groups excluding carboxylic acids is 1. The molecule has 2 aliphatic rings. The molecule has 108 valence electrons. The maximum absolute atomic E-state index is 12.1. The van der Waals surface area contributed by atoms with Gasteiger partial charge < -0.3 is 9.47 Å². The zero-order chi connectivity index (χ0) is 14.1. The lowest BCUT2D eigenvalue weighted by Crippen LogP contribution is -2.37. The van der Waals surface area contributed by atoms with Crippen molar-refractivity contribution in [3.63, 3.8) is 0 Å². The van der Waals surface area contributed by atoms with Gasteiger partial charge >= 0.3 is 0 Å². The van der Waals surface area contributed by atoms with Crippen LogP contribution in [0.5, 0.6) is 0 Å². The van der Waals surface area contributed by atoms with Crippen LogP contribution in [-0.4, -0.2) is 38.7 Å². The van der Waals surface area contributed by atoms with Crippen molar-refractivity contribution >= 4 is 18.1 Å². The Bertz CT molecular complexity index is 587. The average molecular weight is 292 g/mol. The van der Waals surface area contributed by atoms with Gasteiger partial charge in [0.1, 0.15) is 5.82 Å². The zero-order valence-corrected chi connectivity index (χ0v) is 12.6. The minimum absolute atomic E-state index is 0.188. The summed E-state index contributed by atoms with van der Waals surface area (Å²) >= 11 is 5.15. The molecule has 20 heavy (non-hydrogen) atoms. The molecular formula is C14H20N4OS. The Morgan fingerprint density at radius 1 is 1.40 bits per heavy atom. The maximum Gasteiger partial charge on any atom is 0.246 e. The number of likely N-dealkylation sites (tertiary alicyclic amines) is 1. The molecule has 5 nitrogen and oxygen atoms in total. The number of rotatable bonds is 2. The lowest BCUT2D eigenvalue weighted by Gasteiger charge is -2.31. The molecule has 6 heteroatoms. The van der Waals surface area contributed by atoms with E-state index in [4.69, 9.17) is 12.2 Å². The van der Waals surface area contributed by atoms with Gasteiger partial charge in [-0.15, -0.1) is 0 Å². The number of hydrogen-bond donors (Lipinski definition) is 1. The van der Waals surface area contributed by atoms with Crippen LogP contribution in [0.25, 0.3) is 0 Å². The minimum Gasteiger partial charge on any atom is -0.339 e. The molecule has 1 aromatic rings. The highest BCUT2D eigenvalue weighted by Gasteiger charge is 2.26. The Hall–Kier alpha value is -1.43. The van der Waals surface area contributed by atoms with Crippen molar-refractivity contribution < 1.29 is 4.79 Å². The maximum atomic E-state index is 12.1. The summed E-state index contributed by atoms with van der Waals surface area (Å²) in [7, 11) is 1.94. The topological polar surface area (TPSA) is 53.9 Å². The number of H-pyrrole nitrogens is 1. The van der Waals surface area contributed by atoms with Gasteiger partial charge in [-0.25, -0.2) is 0 Å². The lowest BCUT2D eigenvalue weighted by molar-refractivity contribution is -0.127. The Morgan fingerprint density at radius 2 is 2.10 bits per heavy atom. The van der Waals surface area contributed by atoms with Crippen LogP contribution in [0.15, 0.2) is 11.6 Å². The molecule has 0 atom stereocenters. The van der Waals surface area contributed by atoms with Crippen molar-refractivity contribution in [2.24, 2.45) is 7.05 Å². The van der Waals surface area contributed by atoms with E-state index in [1.165, 1.54) is 12.0 Å². The molecule has 1 aliphatic carbocycles. The Balaban J connectivity index is 1.60. The summed E-state index contributed by atoms with van der Waals surface area (Å²) in [6.07, 6.45) is 7.21. The lowest BCUT2D eigenvalue weighted by atomic mass is 9.91. The number of hydrogen-bond acceptors (Lipinski definition) is 3. The van der Waals surface area contributed by atoms with E-state index < -0.39 is 0 Å². The van der Waals surface area contributed by atoms with E-state index in [0.717, 1.165) is 44.6 Å². The Labute approximate surface area is 123 Å². The number of amides is 1. The van der Waals surface area contributed by atoms with Gasteiger partial charge in [-0.1, -0.05) is 5.57 Å². The highest BCUT2D eigenvalue weighted by Crippen LogP contribution is 2.28. The second-order valence-corrected chi connectivity index (χ2v) is 6.09. The number of nitrogens with one attached hydrogen (secondary N) is 1. The molecule has 0 aromatic carbocycles. The molecule has 0 bridgehead atoms. The second-order valence-electron chi connectivity index (χ2n) is 5.70. The van der Waals surface area contributed by atoms with Crippen molar-refractivity contribution in [2.75, 3.05) is 13.1 Å². The number of allylic oxidation sites excluding steroid dienone is 1. The van der Waals surface area contributed by atoms with E-state index >= 15 is 0 Å². The third-order valence-electron chi connectivity index (χ3n) is 4.41. The fourth-order valence-corrected chi connectivity index (χ4v) is 3.01. The van der Waals surface area contributed by atoms with Crippen molar-refractivity contribution in [3.05, 3.63) is 22.2 Å². The van der Waals surface area contributed by atoms with E-state index in [1.54, 1.807) is 0 Å². The molecule has 1 saturated heterocycles. The van der Waals surface area contributed by atoms with Crippen LogP contribution in [0.1, 0.15) is 43.8 Å². The van der Waals surface area contributed by atoms with Crippen LogP contribution in [0.4, 0.5) is 0 Å². The fraction of sp³-hybridized carbons (Fsp3) is 0.643. The first-order valence-corrected chi connectivity index (χ1v) is 7.65. The third-order valence-corrected chi connectivity index (χ3v) is 4.77. The van der Waals surface area contributed by atoms with E-state index in [0.29, 0.717) is 10.7 Å². The highest BCUT2D eigenvalue weighted by atomic mass is 32.1. The first kappa shape index (κ1) is 13.5. The number of nitrogens with zero attached hydrogens (tertiary/aromatic N) is 3. The van der Waals surface area contributed by atoms with Gasteiger partial charge in [0, 0.05) is 32.1 Å². The molecule has 0 unspecified atom stereocenters. The molecule has 1 aromatic heterocycles. The summed E-state index contributed by atoms with van der Waals surface area (Å²) in [5.74, 6) is 1.60. The summed E-state index contributed by atoms with van der Waals surface area (Å²) in [6, 6.07) is 0. The largest absolute Gasteiger partial charge is 0.339 e. The molecule has 1 saturated carbocycles. The summed E-state index contributed by atoms with van der Waals surface area (Å²) < 4.78 is 2.60. The Morgan fingerprint density at radius 3 is 2.60 bits per heavy atom. The third kappa shape index (κ3) is 2.57. The van der Waals surface area contributed by atoms with Gasteiger partial charge in [0.15, 0.2) is 4.77 Å². The van der Waals surface area contributed by atoms with E-state index in [2.05, 4.69) is 10.2 Å². The molecule has 2 fully saturated rings. The van der Waals surface area contributed by atoms with Gasteiger partial charge in [0.2, 0.25) is 5.91 Å². The standard InChI is InChI=1S/C14H20N4OS/c1-17-13(15-16-14(17)20)11-5-7-18(8-6-11)12(19)9-10-3-2-4-10/h9,11H,2-8H2,1H3,(H,16,20). The van der Waals surface area contributed by atoms with Crippen molar-refractivity contribution in [3.8, 4) is 0 Å². The van der Waals surface area contributed by atoms with Gasteiger partial charge in [-0.3, -0.25) is 9.89 Å². The predicted molar refractivity (Wildman–Crippen MR) is 78.9 cm³/mol. The monoisotopic (exact) mass is 292 g/mol.